The first-order chi connectivity index (χ1) is 7.36. The highest BCUT2D eigenvalue weighted by Crippen LogP contribution is 2.36. The normalized spacial score (nSPS) is 9.81. The van der Waals surface area contributed by atoms with Crippen LogP contribution in [0.3, 0.4) is 0 Å². The number of hydrogen-bond donors (Lipinski definition) is 0. The van der Waals surface area contributed by atoms with Crippen molar-refractivity contribution in [2.75, 3.05) is 0 Å². The molecule has 84 valence electrons. The number of aromatic carboxylic acids is 1. The van der Waals surface area contributed by atoms with Crippen LogP contribution in [0.5, 0.6) is 0 Å². The van der Waals surface area contributed by atoms with Gasteiger partial charge in [0.2, 0.25) is 0 Å². The second-order valence-electron chi connectivity index (χ2n) is 2.60. The van der Waals surface area contributed by atoms with E-state index in [4.69, 9.17) is 11.6 Å². The Bertz CT molecular complexity index is 500. The summed E-state index contributed by atoms with van der Waals surface area (Å²) in [6, 6.07) is 1.47. The van der Waals surface area contributed by atoms with Gasteiger partial charge in [-0.15, -0.1) is 0 Å². The Balaban J connectivity index is 3.60. The number of hydrogen-bond acceptors (Lipinski definition) is 6. The van der Waals surface area contributed by atoms with Gasteiger partial charge in [0.15, 0.2) is 0 Å². The molecular weight excluding hydrogens is 244 g/mol. The van der Waals surface area contributed by atoms with Gasteiger partial charge in [-0.05, 0) is 6.07 Å². The molecule has 0 atom stereocenters. The van der Waals surface area contributed by atoms with Crippen molar-refractivity contribution >= 4 is 28.9 Å². The summed E-state index contributed by atoms with van der Waals surface area (Å²) in [4.78, 5) is 29.3. The Morgan fingerprint density at radius 2 is 1.75 bits per heavy atom. The number of carbonyl (C=O) groups excluding carboxylic acids is 1. The van der Waals surface area contributed by atoms with E-state index in [0.29, 0.717) is 6.07 Å². The Hall–Kier alpha value is -2.22. The molecule has 0 aliphatic carbocycles. The zero-order chi connectivity index (χ0) is 12.5. The fraction of sp³-hybridized carbons (Fsp3) is 0. The highest BCUT2D eigenvalue weighted by atomic mass is 35.5. The van der Waals surface area contributed by atoms with E-state index in [1.165, 1.54) is 0 Å². The number of nitrogens with zero attached hydrogens (tertiary/aromatic N) is 2. The van der Waals surface area contributed by atoms with Crippen molar-refractivity contribution in [3.8, 4) is 0 Å². The Kier molecular flexibility index (Phi) is 3.04. The van der Waals surface area contributed by atoms with Crippen LogP contribution in [-0.4, -0.2) is 15.8 Å². The Morgan fingerprint density at radius 3 is 2.12 bits per heavy atom. The molecule has 0 unspecified atom stereocenters. The third-order valence-electron chi connectivity index (χ3n) is 1.69. The second kappa shape index (κ2) is 4.11. The first kappa shape index (κ1) is 11.9. The van der Waals surface area contributed by atoms with Crippen LogP contribution in [0.25, 0.3) is 0 Å². The predicted molar refractivity (Wildman–Crippen MR) is 49.1 cm³/mol. The van der Waals surface area contributed by atoms with Gasteiger partial charge in [0.25, 0.3) is 0 Å². The van der Waals surface area contributed by atoms with Crippen molar-refractivity contribution in [1.82, 2.24) is 0 Å². The number of carboxylic acids is 1. The number of nitro groups is 2. The third kappa shape index (κ3) is 1.91. The molecule has 0 aliphatic rings. The van der Waals surface area contributed by atoms with Crippen molar-refractivity contribution in [2.45, 2.75) is 0 Å². The van der Waals surface area contributed by atoms with Crippen molar-refractivity contribution in [3.63, 3.8) is 0 Å². The van der Waals surface area contributed by atoms with Crippen LogP contribution >= 0.6 is 11.6 Å². The lowest BCUT2D eigenvalue weighted by Gasteiger charge is -2.05. The van der Waals surface area contributed by atoms with E-state index >= 15 is 0 Å². The zero-order valence-electron chi connectivity index (χ0n) is 7.38. The van der Waals surface area contributed by atoms with Gasteiger partial charge in [0.1, 0.15) is 5.02 Å². The highest BCUT2D eigenvalue weighted by molar-refractivity contribution is 6.36. The van der Waals surface area contributed by atoms with Crippen LogP contribution in [0.4, 0.5) is 11.4 Å². The molecule has 0 fully saturated rings. The molecular formula is C7H2ClN2O6-. The summed E-state index contributed by atoms with van der Waals surface area (Å²) in [6.07, 6.45) is 0. The van der Waals surface area contributed by atoms with Gasteiger partial charge in [0.05, 0.1) is 15.8 Å². The van der Waals surface area contributed by atoms with Gasteiger partial charge in [-0.1, -0.05) is 11.6 Å². The molecule has 0 radical (unpaired) electrons. The number of carbonyl (C=O) groups is 1. The number of halogens is 1. The van der Waals surface area contributed by atoms with Gasteiger partial charge in [0, 0.05) is 11.6 Å². The molecule has 0 amide bonds. The number of benzene rings is 1. The fourth-order valence-electron chi connectivity index (χ4n) is 1.03. The lowest BCUT2D eigenvalue weighted by molar-refractivity contribution is -0.422. The predicted octanol–water partition coefficient (Wildman–Crippen LogP) is 0.520. The van der Waals surface area contributed by atoms with E-state index in [1.54, 1.807) is 0 Å². The Labute approximate surface area is 92.4 Å². The van der Waals surface area contributed by atoms with Crippen molar-refractivity contribution in [1.29, 1.82) is 0 Å². The molecule has 16 heavy (non-hydrogen) atoms. The maximum absolute atomic E-state index is 10.5. The lowest BCUT2D eigenvalue weighted by atomic mass is 10.1. The summed E-state index contributed by atoms with van der Waals surface area (Å²) in [5.41, 5.74) is -2.60. The zero-order valence-corrected chi connectivity index (χ0v) is 8.13. The smallest absolute Gasteiger partial charge is 0.365 e. The molecule has 1 rings (SSSR count). The van der Waals surface area contributed by atoms with E-state index in [-0.39, 0.29) is 0 Å². The summed E-state index contributed by atoms with van der Waals surface area (Å²) in [5, 5.41) is 30.6. The van der Waals surface area contributed by atoms with E-state index < -0.39 is 37.8 Å². The average Bonchev–Trinajstić information content (AvgIpc) is 2.15. The summed E-state index contributed by atoms with van der Waals surface area (Å²) >= 11 is 5.38. The minimum atomic E-state index is -1.75. The molecule has 0 N–H and O–H groups in total. The van der Waals surface area contributed by atoms with Crippen molar-refractivity contribution in [2.24, 2.45) is 0 Å². The van der Waals surface area contributed by atoms with Crippen LogP contribution in [0.1, 0.15) is 10.4 Å². The van der Waals surface area contributed by atoms with Gasteiger partial charge in [-0.25, -0.2) is 0 Å². The van der Waals surface area contributed by atoms with Crippen LogP contribution in [-0.2, 0) is 0 Å². The first-order valence-electron chi connectivity index (χ1n) is 3.69. The third-order valence-corrected chi connectivity index (χ3v) is 2.08. The lowest BCUT2D eigenvalue weighted by Crippen LogP contribution is -2.23. The van der Waals surface area contributed by atoms with Gasteiger partial charge < -0.3 is 9.90 Å². The van der Waals surface area contributed by atoms with Crippen LogP contribution < -0.4 is 5.11 Å². The quantitative estimate of drug-likeness (QED) is 0.564. The molecule has 0 aliphatic heterocycles. The van der Waals surface area contributed by atoms with Crippen LogP contribution in [0.2, 0.25) is 5.02 Å². The Morgan fingerprint density at radius 1 is 1.19 bits per heavy atom. The molecule has 0 heterocycles. The fourth-order valence-corrected chi connectivity index (χ4v) is 1.34. The average molecular weight is 246 g/mol. The monoisotopic (exact) mass is 245 g/mol. The number of nitro benzene ring substituents is 2. The summed E-state index contributed by atoms with van der Waals surface area (Å²) in [7, 11) is 0. The van der Waals surface area contributed by atoms with Gasteiger partial charge in [-0.3, -0.25) is 20.2 Å². The van der Waals surface area contributed by atoms with Crippen LogP contribution in [0.15, 0.2) is 12.1 Å². The van der Waals surface area contributed by atoms with E-state index in [0.717, 1.165) is 6.07 Å². The SMILES string of the molecule is O=C([O-])c1ccc([N+](=O)[O-])c([N+](=O)[O-])c1Cl. The summed E-state index contributed by atoms with van der Waals surface area (Å²) in [6.45, 7) is 0. The maximum atomic E-state index is 10.5. The standard InChI is InChI=1S/C7H3ClN2O6/c8-5-3(7(11)12)1-2-4(9(13)14)6(5)10(15)16/h1-2H,(H,11,12)/p-1. The summed E-state index contributed by atoms with van der Waals surface area (Å²) in [5.74, 6) is -1.75. The molecule has 8 nitrogen and oxygen atoms in total. The van der Waals surface area contributed by atoms with E-state index in [1.807, 2.05) is 0 Å². The van der Waals surface area contributed by atoms with Gasteiger partial charge in [-0.2, -0.15) is 0 Å². The number of carboxylic acid groups (broad SMARTS) is 1. The molecule has 0 bridgehead atoms. The minimum absolute atomic E-state index is 0.668. The van der Waals surface area contributed by atoms with Crippen molar-refractivity contribution < 1.29 is 19.7 Å². The van der Waals surface area contributed by atoms with Crippen LogP contribution in [0, 0.1) is 20.2 Å². The largest absolute Gasteiger partial charge is 0.545 e. The van der Waals surface area contributed by atoms with E-state index in [9.17, 15) is 30.1 Å². The van der Waals surface area contributed by atoms with Crippen molar-refractivity contribution in [3.05, 3.63) is 42.9 Å². The topological polar surface area (TPSA) is 126 Å². The van der Waals surface area contributed by atoms with E-state index in [2.05, 4.69) is 0 Å². The molecule has 9 heteroatoms. The molecule has 0 saturated carbocycles. The number of rotatable bonds is 3. The minimum Gasteiger partial charge on any atom is -0.545 e. The molecule has 1 aromatic rings. The molecule has 0 aromatic heterocycles. The van der Waals surface area contributed by atoms with Gasteiger partial charge >= 0.3 is 11.4 Å². The first-order valence-corrected chi connectivity index (χ1v) is 4.06. The molecule has 1 aromatic carbocycles. The summed E-state index contributed by atoms with van der Waals surface area (Å²) < 4.78 is 0. The maximum Gasteiger partial charge on any atom is 0.365 e. The second-order valence-corrected chi connectivity index (χ2v) is 2.97. The highest BCUT2D eigenvalue weighted by Gasteiger charge is 2.29. The molecule has 0 spiro atoms. The molecule has 0 saturated heterocycles.